The minimum Gasteiger partial charge on any atom is -0.507 e. The summed E-state index contributed by atoms with van der Waals surface area (Å²) in [5.41, 5.74) is 6.39. The van der Waals surface area contributed by atoms with Crippen molar-refractivity contribution in [3.05, 3.63) is 57.6 Å². The van der Waals surface area contributed by atoms with Gasteiger partial charge in [0, 0.05) is 10.5 Å². The van der Waals surface area contributed by atoms with Crippen LogP contribution in [0.3, 0.4) is 0 Å². The minimum atomic E-state index is 0.412. The van der Waals surface area contributed by atoms with Crippen LogP contribution in [0.1, 0.15) is 47.2 Å². The molecule has 0 aliphatic heterocycles. The van der Waals surface area contributed by atoms with E-state index in [1.54, 1.807) is 0 Å². The van der Waals surface area contributed by atoms with Crippen molar-refractivity contribution >= 4 is 11.8 Å². The van der Waals surface area contributed by atoms with Gasteiger partial charge in [0.05, 0.1) is 0 Å². The normalized spacial score (nSPS) is 13.7. The molecule has 2 N–H and O–H groups in total. The number of phenolic OH excluding ortho intramolecular Hbond substituents is 2. The lowest BCUT2D eigenvalue weighted by molar-refractivity contribution is 0.466. The fourth-order valence-corrected chi connectivity index (χ4v) is 4.85. The topological polar surface area (TPSA) is 40.5 Å². The van der Waals surface area contributed by atoms with Gasteiger partial charge in [0.15, 0.2) is 0 Å². The summed E-state index contributed by atoms with van der Waals surface area (Å²) in [4.78, 5) is 0. The molecule has 0 aliphatic carbocycles. The molecule has 0 bridgehead atoms. The van der Waals surface area contributed by atoms with Crippen molar-refractivity contribution in [1.82, 2.24) is 0 Å². The lowest BCUT2D eigenvalue weighted by Gasteiger charge is -2.19. The van der Waals surface area contributed by atoms with E-state index in [0.29, 0.717) is 22.0 Å². The molecular weight excluding hydrogens is 328 g/mol. The number of thioether (sulfide) groups is 1. The minimum absolute atomic E-state index is 0.412. The predicted molar refractivity (Wildman–Crippen MR) is 109 cm³/mol. The van der Waals surface area contributed by atoms with Gasteiger partial charge in [-0.2, -0.15) is 11.8 Å². The van der Waals surface area contributed by atoms with Crippen LogP contribution >= 0.6 is 11.8 Å². The maximum atomic E-state index is 9.92. The van der Waals surface area contributed by atoms with Gasteiger partial charge < -0.3 is 10.2 Å². The second-order valence-electron chi connectivity index (χ2n) is 7.32. The maximum absolute atomic E-state index is 9.92. The number of hydrogen-bond acceptors (Lipinski definition) is 3. The van der Waals surface area contributed by atoms with E-state index in [9.17, 15) is 10.2 Å². The summed E-state index contributed by atoms with van der Waals surface area (Å²) in [7, 11) is 0. The quantitative estimate of drug-likeness (QED) is 0.703. The largest absolute Gasteiger partial charge is 0.507 e. The number of phenols is 2. The standard InChI is InChI=1S/C22H30O2S/c1-13-7-19(8-14(2)21(13)23)11-17(5)25-18(6)12-20-9-15(3)22(24)16(4)10-20/h7-10,17-18,23-24H,11-12H2,1-6H3. The Balaban J connectivity index is 1.97. The van der Waals surface area contributed by atoms with Crippen LogP contribution in [0.2, 0.25) is 0 Å². The van der Waals surface area contributed by atoms with Crippen LogP contribution in [0.4, 0.5) is 0 Å². The Kier molecular flexibility index (Phi) is 6.45. The number of aromatic hydroxyl groups is 2. The molecule has 0 spiro atoms. The zero-order valence-electron chi connectivity index (χ0n) is 16.2. The summed E-state index contributed by atoms with van der Waals surface area (Å²) in [6.07, 6.45) is 2.01. The highest BCUT2D eigenvalue weighted by atomic mass is 32.2. The summed E-state index contributed by atoms with van der Waals surface area (Å²) < 4.78 is 0. The fraction of sp³-hybridized carbons (Fsp3) is 0.455. The van der Waals surface area contributed by atoms with Crippen LogP contribution in [0.25, 0.3) is 0 Å². The van der Waals surface area contributed by atoms with Crippen molar-refractivity contribution in [2.45, 2.75) is 64.9 Å². The molecule has 25 heavy (non-hydrogen) atoms. The van der Waals surface area contributed by atoms with Crippen molar-refractivity contribution < 1.29 is 10.2 Å². The number of benzene rings is 2. The molecule has 136 valence electrons. The van der Waals surface area contributed by atoms with E-state index in [1.807, 2.05) is 39.5 Å². The second kappa shape index (κ2) is 8.18. The molecule has 0 saturated carbocycles. The molecule has 0 aliphatic rings. The first kappa shape index (κ1) is 19.7. The van der Waals surface area contributed by atoms with Gasteiger partial charge in [-0.05, 0) is 73.9 Å². The molecule has 2 aromatic rings. The Labute approximate surface area is 156 Å². The van der Waals surface area contributed by atoms with Gasteiger partial charge in [0.2, 0.25) is 0 Å². The van der Waals surface area contributed by atoms with Gasteiger partial charge in [-0.3, -0.25) is 0 Å². The third-order valence-electron chi connectivity index (χ3n) is 4.61. The third kappa shape index (κ3) is 5.18. The van der Waals surface area contributed by atoms with E-state index in [1.165, 1.54) is 11.1 Å². The SMILES string of the molecule is Cc1cc(CC(C)SC(C)Cc2cc(C)c(O)c(C)c2)cc(C)c1O. The van der Waals surface area contributed by atoms with Gasteiger partial charge >= 0.3 is 0 Å². The average molecular weight is 359 g/mol. The summed E-state index contributed by atoms with van der Waals surface area (Å²) >= 11 is 2.00. The molecule has 0 amide bonds. The first-order valence-electron chi connectivity index (χ1n) is 8.91. The van der Waals surface area contributed by atoms with Gasteiger partial charge in [-0.1, -0.05) is 38.1 Å². The lowest BCUT2D eigenvalue weighted by Crippen LogP contribution is -2.11. The van der Waals surface area contributed by atoms with E-state index in [0.717, 1.165) is 35.1 Å². The van der Waals surface area contributed by atoms with Crippen LogP contribution in [-0.2, 0) is 12.8 Å². The predicted octanol–water partition coefficient (Wildman–Crippen LogP) is 5.63. The fourth-order valence-electron chi connectivity index (χ4n) is 3.48. The molecule has 3 heteroatoms. The highest BCUT2D eigenvalue weighted by molar-refractivity contribution is 8.00. The van der Waals surface area contributed by atoms with Crippen LogP contribution in [-0.4, -0.2) is 20.7 Å². The molecule has 2 aromatic carbocycles. The van der Waals surface area contributed by atoms with Crippen LogP contribution in [0, 0.1) is 27.7 Å². The lowest BCUT2D eigenvalue weighted by atomic mass is 10.0. The zero-order valence-corrected chi connectivity index (χ0v) is 17.0. The molecular formula is C22H30O2S. The molecule has 0 heterocycles. The van der Waals surface area contributed by atoms with E-state index >= 15 is 0 Å². The highest BCUT2D eigenvalue weighted by Gasteiger charge is 2.13. The van der Waals surface area contributed by atoms with Gasteiger partial charge in [0.25, 0.3) is 0 Å². The van der Waals surface area contributed by atoms with E-state index in [4.69, 9.17) is 0 Å². The molecule has 0 fully saturated rings. The first-order chi connectivity index (χ1) is 11.7. The van der Waals surface area contributed by atoms with Gasteiger partial charge in [0.1, 0.15) is 11.5 Å². The number of aryl methyl sites for hydroxylation is 4. The Morgan fingerprint density at radius 1 is 0.680 bits per heavy atom. The summed E-state index contributed by atoms with van der Waals surface area (Å²) in [5, 5.41) is 20.9. The second-order valence-corrected chi connectivity index (χ2v) is 9.20. The van der Waals surface area contributed by atoms with Crippen molar-refractivity contribution in [1.29, 1.82) is 0 Å². The zero-order chi connectivity index (χ0) is 18.7. The average Bonchev–Trinajstić information content (AvgIpc) is 2.49. The molecule has 0 aromatic heterocycles. The Bertz CT molecular complexity index is 642. The van der Waals surface area contributed by atoms with E-state index < -0.39 is 0 Å². The molecule has 2 unspecified atom stereocenters. The number of hydrogen-bond donors (Lipinski definition) is 2. The van der Waals surface area contributed by atoms with E-state index in [-0.39, 0.29) is 0 Å². The van der Waals surface area contributed by atoms with Crippen molar-refractivity contribution in [3.63, 3.8) is 0 Å². The summed E-state index contributed by atoms with van der Waals surface area (Å²) in [6.45, 7) is 12.4. The van der Waals surface area contributed by atoms with Crippen molar-refractivity contribution in [2.75, 3.05) is 0 Å². The summed E-state index contributed by atoms with van der Waals surface area (Å²) in [6, 6.07) is 8.38. The van der Waals surface area contributed by atoms with Crippen LogP contribution in [0.5, 0.6) is 11.5 Å². The first-order valence-corrected chi connectivity index (χ1v) is 9.85. The Morgan fingerprint density at radius 3 is 1.24 bits per heavy atom. The molecule has 2 rings (SSSR count). The summed E-state index contributed by atoms with van der Waals surface area (Å²) in [5.74, 6) is 0.825. The smallest absolute Gasteiger partial charge is 0.121 e. The Morgan fingerprint density at radius 2 is 0.960 bits per heavy atom. The highest BCUT2D eigenvalue weighted by Crippen LogP contribution is 2.29. The monoisotopic (exact) mass is 358 g/mol. The number of rotatable bonds is 6. The Hall–Kier alpha value is -1.61. The molecule has 2 atom stereocenters. The van der Waals surface area contributed by atoms with Gasteiger partial charge in [-0.15, -0.1) is 0 Å². The maximum Gasteiger partial charge on any atom is 0.121 e. The molecule has 0 saturated heterocycles. The van der Waals surface area contributed by atoms with Gasteiger partial charge in [-0.25, -0.2) is 0 Å². The van der Waals surface area contributed by atoms with Crippen LogP contribution < -0.4 is 0 Å². The van der Waals surface area contributed by atoms with Crippen molar-refractivity contribution in [3.8, 4) is 11.5 Å². The molecule has 2 nitrogen and oxygen atoms in total. The van der Waals surface area contributed by atoms with E-state index in [2.05, 4.69) is 38.1 Å². The third-order valence-corrected chi connectivity index (χ3v) is 5.88. The molecule has 0 radical (unpaired) electrons. The van der Waals surface area contributed by atoms with Crippen LogP contribution in [0.15, 0.2) is 24.3 Å². The van der Waals surface area contributed by atoms with Crippen molar-refractivity contribution in [2.24, 2.45) is 0 Å².